The number of nitrogens with one attached hydrogen (secondary N) is 1. The second-order valence-electron chi connectivity index (χ2n) is 3.80. The highest BCUT2D eigenvalue weighted by Crippen LogP contribution is 2.35. The SMILES string of the molecule is CCOC(=O)c1c(-c2cccc(NO)c2)csc1N. The molecule has 0 saturated carbocycles. The number of nitrogens with two attached hydrogens (primary N) is 1. The van der Waals surface area contributed by atoms with Gasteiger partial charge in [-0.05, 0) is 24.6 Å². The normalized spacial score (nSPS) is 10.2. The third-order valence-corrected chi connectivity index (χ3v) is 3.41. The molecule has 1 aromatic carbocycles. The van der Waals surface area contributed by atoms with Crippen molar-refractivity contribution in [1.29, 1.82) is 0 Å². The zero-order valence-corrected chi connectivity index (χ0v) is 11.2. The van der Waals surface area contributed by atoms with Crippen LogP contribution in [0.2, 0.25) is 0 Å². The molecule has 5 nitrogen and oxygen atoms in total. The third-order valence-electron chi connectivity index (χ3n) is 2.60. The van der Waals surface area contributed by atoms with Crippen LogP contribution in [0.15, 0.2) is 29.6 Å². The van der Waals surface area contributed by atoms with Crippen LogP contribution in [0.5, 0.6) is 0 Å². The molecule has 0 aliphatic rings. The molecule has 0 unspecified atom stereocenters. The predicted molar refractivity (Wildman–Crippen MR) is 75.5 cm³/mol. The van der Waals surface area contributed by atoms with Gasteiger partial charge in [-0.25, -0.2) is 4.79 Å². The first-order chi connectivity index (χ1) is 9.17. The van der Waals surface area contributed by atoms with Crippen LogP contribution in [0, 0.1) is 0 Å². The van der Waals surface area contributed by atoms with E-state index in [1.165, 1.54) is 11.3 Å². The topological polar surface area (TPSA) is 84.6 Å². The lowest BCUT2D eigenvalue weighted by Crippen LogP contribution is -2.07. The van der Waals surface area contributed by atoms with Gasteiger partial charge in [-0.2, -0.15) is 0 Å². The maximum Gasteiger partial charge on any atom is 0.341 e. The lowest BCUT2D eigenvalue weighted by Gasteiger charge is -2.07. The van der Waals surface area contributed by atoms with Gasteiger partial charge in [0.2, 0.25) is 0 Å². The fourth-order valence-electron chi connectivity index (χ4n) is 1.76. The summed E-state index contributed by atoms with van der Waals surface area (Å²) in [6.07, 6.45) is 0. The Labute approximate surface area is 114 Å². The third kappa shape index (κ3) is 2.69. The molecule has 2 rings (SSSR count). The molecule has 0 spiro atoms. The monoisotopic (exact) mass is 278 g/mol. The molecule has 0 bridgehead atoms. The summed E-state index contributed by atoms with van der Waals surface area (Å²) in [5, 5.41) is 11.1. The Bertz CT molecular complexity index is 595. The van der Waals surface area contributed by atoms with Crippen molar-refractivity contribution < 1.29 is 14.7 Å². The van der Waals surface area contributed by atoms with Crippen molar-refractivity contribution >= 4 is 28.0 Å². The Hall–Kier alpha value is -2.05. The Morgan fingerprint density at radius 3 is 3.00 bits per heavy atom. The highest BCUT2D eigenvalue weighted by molar-refractivity contribution is 7.14. The number of benzene rings is 1. The van der Waals surface area contributed by atoms with Crippen molar-refractivity contribution in [2.75, 3.05) is 17.8 Å². The van der Waals surface area contributed by atoms with E-state index in [1.807, 2.05) is 6.07 Å². The van der Waals surface area contributed by atoms with E-state index in [9.17, 15) is 4.79 Å². The van der Waals surface area contributed by atoms with Crippen LogP contribution >= 0.6 is 11.3 Å². The summed E-state index contributed by atoms with van der Waals surface area (Å²) in [5.74, 6) is -0.432. The average molecular weight is 278 g/mol. The molecule has 0 saturated heterocycles. The van der Waals surface area contributed by atoms with E-state index >= 15 is 0 Å². The van der Waals surface area contributed by atoms with E-state index in [1.54, 1.807) is 30.5 Å². The number of anilines is 2. The predicted octanol–water partition coefficient (Wildman–Crippen LogP) is 2.98. The average Bonchev–Trinajstić information content (AvgIpc) is 2.81. The quantitative estimate of drug-likeness (QED) is 0.591. The van der Waals surface area contributed by atoms with Gasteiger partial charge in [0.25, 0.3) is 0 Å². The largest absolute Gasteiger partial charge is 0.462 e. The summed E-state index contributed by atoms with van der Waals surface area (Å²) in [7, 11) is 0. The summed E-state index contributed by atoms with van der Waals surface area (Å²) in [5.41, 5.74) is 10.3. The highest BCUT2D eigenvalue weighted by Gasteiger charge is 2.19. The van der Waals surface area contributed by atoms with E-state index in [2.05, 4.69) is 5.48 Å². The van der Waals surface area contributed by atoms with Gasteiger partial charge in [0.1, 0.15) is 10.6 Å². The number of esters is 1. The maximum atomic E-state index is 11.9. The van der Waals surface area contributed by atoms with Crippen LogP contribution < -0.4 is 11.2 Å². The molecule has 1 aromatic heterocycles. The van der Waals surface area contributed by atoms with Crippen molar-refractivity contribution in [1.82, 2.24) is 0 Å². The van der Waals surface area contributed by atoms with E-state index < -0.39 is 5.97 Å². The van der Waals surface area contributed by atoms with Gasteiger partial charge in [0.15, 0.2) is 0 Å². The Balaban J connectivity index is 2.47. The number of hydrogen-bond donors (Lipinski definition) is 3. The molecule has 0 aliphatic carbocycles. The number of carbonyl (C=O) groups excluding carboxylic acids is 1. The van der Waals surface area contributed by atoms with Gasteiger partial charge in [-0.3, -0.25) is 10.7 Å². The van der Waals surface area contributed by atoms with Crippen molar-refractivity contribution in [3.8, 4) is 11.1 Å². The molecule has 4 N–H and O–H groups in total. The number of rotatable bonds is 4. The minimum Gasteiger partial charge on any atom is -0.462 e. The van der Waals surface area contributed by atoms with Gasteiger partial charge >= 0.3 is 5.97 Å². The molecule has 100 valence electrons. The first-order valence-corrected chi connectivity index (χ1v) is 6.60. The Kier molecular flexibility index (Phi) is 4.03. The van der Waals surface area contributed by atoms with Gasteiger partial charge in [-0.1, -0.05) is 12.1 Å². The summed E-state index contributed by atoms with van der Waals surface area (Å²) >= 11 is 1.29. The van der Waals surface area contributed by atoms with E-state index in [4.69, 9.17) is 15.7 Å². The first kappa shape index (κ1) is 13.4. The Morgan fingerprint density at radius 2 is 2.32 bits per heavy atom. The number of thiophene rings is 1. The number of carbonyl (C=O) groups is 1. The smallest absolute Gasteiger partial charge is 0.341 e. The van der Waals surface area contributed by atoms with E-state index in [0.717, 1.165) is 5.56 Å². The minimum absolute atomic E-state index is 0.297. The highest BCUT2D eigenvalue weighted by atomic mass is 32.1. The molecular weight excluding hydrogens is 264 g/mol. The minimum atomic E-state index is -0.432. The van der Waals surface area contributed by atoms with Crippen LogP contribution in [0.4, 0.5) is 10.7 Å². The molecule has 0 amide bonds. The molecule has 6 heteroatoms. The second kappa shape index (κ2) is 5.73. The maximum absolute atomic E-state index is 11.9. The van der Waals surface area contributed by atoms with Crippen LogP contribution in [0.1, 0.15) is 17.3 Å². The molecule has 0 aliphatic heterocycles. The fraction of sp³-hybridized carbons (Fsp3) is 0.154. The molecule has 0 fully saturated rings. The Morgan fingerprint density at radius 1 is 1.53 bits per heavy atom. The number of ether oxygens (including phenoxy) is 1. The summed E-state index contributed by atoms with van der Waals surface area (Å²) < 4.78 is 5.01. The summed E-state index contributed by atoms with van der Waals surface area (Å²) in [6, 6.07) is 7.05. The van der Waals surface area contributed by atoms with E-state index in [0.29, 0.717) is 28.4 Å². The number of nitrogen functional groups attached to an aromatic ring is 1. The van der Waals surface area contributed by atoms with Crippen molar-refractivity contribution in [2.24, 2.45) is 0 Å². The fourth-order valence-corrected chi connectivity index (χ4v) is 2.57. The summed E-state index contributed by atoms with van der Waals surface area (Å²) in [4.78, 5) is 11.9. The number of hydrogen-bond acceptors (Lipinski definition) is 6. The molecule has 2 aromatic rings. The van der Waals surface area contributed by atoms with Gasteiger partial charge in [-0.15, -0.1) is 11.3 Å². The zero-order chi connectivity index (χ0) is 13.8. The van der Waals surface area contributed by atoms with Crippen molar-refractivity contribution in [3.05, 3.63) is 35.2 Å². The molecule has 0 atom stereocenters. The van der Waals surface area contributed by atoms with Gasteiger partial charge < -0.3 is 10.5 Å². The van der Waals surface area contributed by atoms with E-state index in [-0.39, 0.29) is 0 Å². The van der Waals surface area contributed by atoms with Crippen LogP contribution in [-0.2, 0) is 4.74 Å². The molecule has 19 heavy (non-hydrogen) atoms. The van der Waals surface area contributed by atoms with Crippen LogP contribution in [-0.4, -0.2) is 17.8 Å². The zero-order valence-electron chi connectivity index (χ0n) is 10.3. The standard InChI is InChI=1S/C13H14N2O3S/c1-2-18-13(16)11-10(7-19-12(11)14)8-4-3-5-9(6-8)15-17/h3-7,15,17H,2,14H2,1H3. The lowest BCUT2D eigenvalue weighted by molar-refractivity contribution is 0.0529. The van der Waals surface area contributed by atoms with Gasteiger partial charge in [0, 0.05) is 10.9 Å². The first-order valence-electron chi connectivity index (χ1n) is 5.72. The summed E-state index contributed by atoms with van der Waals surface area (Å²) in [6.45, 7) is 2.04. The molecular formula is C13H14N2O3S. The molecule has 0 radical (unpaired) electrons. The van der Waals surface area contributed by atoms with Crippen LogP contribution in [0.3, 0.4) is 0 Å². The van der Waals surface area contributed by atoms with Crippen LogP contribution in [0.25, 0.3) is 11.1 Å². The van der Waals surface area contributed by atoms with Crippen molar-refractivity contribution in [2.45, 2.75) is 6.92 Å². The molecule has 1 heterocycles. The van der Waals surface area contributed by atoms with Gasteiger partial charge in [0.05, 0.1) is 12.3 Å². The second-order valence-corrected chi connectivity index (χ2v) is 4.71. The van der Waals surface area contributed by atoms with Crippen molar-refractivity contribution in [3.63, 3.8) is 0 Å². The lowest BCUT2D eigenvalue weighted by atomic mass is 10.0.